The Bertz CT molecular complexity index is 751. The number of hydrogen-bond donors (Lipinski definition) is 0. The number of hydrogen-bond acceptors (Lipinski definition) is 6. The maximum Gasteiger partial charge on any atom is 0.410 e. The number of benzene rings is 1. The van der Waals surface area contributed by atoms with Gasteiger partial charge in [0.1, 0.15) is 17.4 Å². The van der Waals surface area contributed by atoms with E-state index in [4.69, 9.17) is 14.0 Å². The summed E-state index contributed by atoms with van der Waals surface area (Å²) in [5.41, 5.74) is 0.212. The molecule has 0 N–H and O–H groups in total. The first kappa shape index (κ1) is 17.3. The largest absolute Gasteiger partial charge is 0.496 e. The number of carbonyl (C=O) groups excluding carboxylic acids is 1. The highest BCUT2D eigenvalue weighted by atomic mass is 16.6. The lowest BCUT2D eigenvalue weighted by Gasteiger charge is -2.26. The lowest BCUT2D eigenvalue weighted by molar-refractivity contribution is 0.0199. The molecule has 7 heteroatoms. The molecule has 1 fully saturated rings. The smallest absolute Gasteiger partial charge is 0.410 e. The van der Waals surface area contributed by atoms with Crippen molar-refractivity contribution in [3.8, 4) is 17.1 Å². The molecule has 0 saturated carbocycles. The highest BCUT2D eigenvalue weighted by Gasteiger charge is 2.36. The second-order valence-corrected chi connectivity index (χ2v) is 6.99. The zero-order chi connectivity index (χ0) is 18.0. The summed E-state index contributed by atoms with van der Waals surface area (Å²) >= 11 is 0. The Hall–Kier alpha value is -2.57. The van der Waals surface area contributed by atoms with Crippen LogP contribution >= 0.6 is 0 Å². The van der Waals surface area contributed by atoms with Crippen LogP contribution < -0.4 is 4.74 Å². The van der Waals surface area contributed by atoms with Gasteiger partial charge in [0.15, 0.2) is 0 Å². The van der Waals surface area contributed by atoms with E-state index in [9.17, 15) is 4.79 Å². The van der Waals surface area contributed by atoms with Crippen molar-refractivity contribution in [1.29, 1.82) is 0 Å². The average Bonchev–Trinajstić information content (AvgIpc) is 3.22. The van der Waals surface area contributed by atoms with Crippen LogP contribution in [0.2, 0.25) is 0 Å². The molecule has 134 valence electrons. The van der Waals surface area contributed by atoms with E-state index < -0.39 is 5.60 Å². The van der Waals surface area contributed by atoms with Gasteiger partial charge >= 0.3 is 6.09 Å². The van der Waals surface area contributed by atoms with Crippen molar-refractivity contribution in [1.82, 2.24) is 15.0 Å². The number of nitrogens with zero attached hydrogens (tertiary/aromatic N) is 3. The fraction of sp³-hybridized carbons (Fsp3) is 0.500. The van der Waals surface area contributed by atoms with Crippen LogP contribution in [0.15, 0.2) is 28.8 Å². The first-order valence-corrected chi connectivity index (χ1v) is 8.35. The monoisotopic (exact) mass is 345 g/mol. The van der Waals surface area contributed by atoms with Crippen LogP contribution in [-0.2, 0) is 4.74 Å². The Labute approximate surface area is 146 Å². The van der Waals surface area contributed by atoms with Crippen LogP contribution in [0.4, 0.5) is 4.79 Å². The van der Waals surface area contributed by atoms with Gasteiger partial charge in [-0.1, -0.05) is 17.3 Å². The predicted molar refractivity (Wildman–Crippen MR) is 91.2 cm³/mol. The van der Waals surface area contributed by atoms with Gasteiger partial charge < -0.3 is 14.0 Å². The molecule has 25 heavy (non-hydrogen) atoms. The highest BCUT2D eigenvalue weighted by molar-refractivity contribution is 5.69. The summed E-state index contributed by atoms with van der Waals surface area (Å²) in [4.78, 5) is 18.6. The molecule has 0 aliphatic carbocycles. The molecule has 0 spiro atoms. The Morgan fingerprint density at radius 2 is 2.08 bits per heavy atom. The highest BCUT2D eigenvalue weighted by Crippen LogP contribution is 2.34. The van der Waals surface area contributed by atoms with E-state index in [1.807, 2.05) is 45.0 Å². The fourth-order valence-electron chi connectivity index (χ4n) is 2.87. The third-order valence-corrected chi connectivity index (χ3v) is 3.96. The van der Waals surface area contributed by atoms with E-state index >= 15 is 0 Å². The Morgan fingerprint density at radius 1 is 1.32 bits per heavy atom. The van der Waals surface area contributed by atoms with Crippen molar-refractivity contribution < 1.29 is 18.8 Å². The number of rotatable bonds is 3. The van der Waals surface area contributed by atoms with Crippen molar-refractivity contribution in [3.63, 3.8) is 0 Å². The van der Waals surface area contributed by atoms with Crippen molar-refractivity contribution in [3.05, 3.63) is 30.2 Å². The van der Waals surface area contributed by atoms with Crippen LogP contribution in [-0.4, -0.2) is 40.4 Å². The van der Waals surface area contributed by atoms with Gasteiger partial charge in [-0.3, -0.25) is 4.90 Å². The molecule has 1 aliphatic heterocycles. The quantitative estimate of drug-likeness (QED) is 0.841. The summed E-state index contributed by atoms with van der Waals surface area (Å²) in [5.74, 6) is 1.54. The molecular formula is C18H23N3O4. The minimum atomic E-state index is -0.540. The number of ether oxygens (including phenoxy) is 2. The molecule has 7 nitrogen and oxygen atoms in total. The maximum atomic E-state index is 12.4. The summed E-state index contributed by atoms with van der Waals surface area (Å²) in [6, 6.07) is 7.22. The summed E-state index contributed by atoms with van der Waals surface area (Å²) < 4.78 is 16.3. The van der Waals surface area contributed by atoms with Gasteiger partial charge in [-0.05, 0) is 45.7 Å². The van der Waals surface area contributed by atoms with Crippen LogP contribution in [0, 0.1) is 0 Å². The number of para-hydroxylation sites is 1. The molecule has 1 amide bonds. The predicted octanol–water partition coefficient (Wildman–Crippen LogP) is 3.82. The number of likely N-dealkylation sites (tertiary alicyclic amines) is 1. The van der Waals surface area contributed by atoms with E-state index in [0.29, 0.717) is 24.0 Å². The Kier molecular flexibility index (Phi) is 4.65. The van der Waals surface area contributed by atoms with E-state index in [2.05, 4.69) is 10.1 Å². The molecule has 1 aromatic heterocycles. The molecule has 1 aromatic carbocycles. The molecule has 3 rings (SSSR count). The molecule has 0 bridgehead atoms. The average molecular weight is 345 g/mol. The van der Waals surface area contributed by atoms with Crippen molar-refractivity contribution >= 4 is 6.09 Å². The normalized spacial score (nSPS) is 17.6. The third-order valence-electron chi connectivity index (χ3n) is 3.96. The molecule has 1 atom stereocenters. The number of methoxy groups -OCH3 is 1. The van der Waals surface area contributed by atoms with E-state index in [-0.39, 0.29) is 12.1 Å². The second kappa shape index (κ2) is 6.74. The minimum Gasteiger partial charge on any atom is -0.496 e. The lowest BCUT2D eigenvalue weighted by Crippen LogP contribution is -2.36. The van der Waals surface area contributed by atoms with E-state index in [0.717, 1.165) is 18.4 Å². The zero-order valence-corrected chi connectivity index (χ0v) is 15.0. The lowest BCUT2D eigenvalue weighted by atomic mass is 10.2. The van der Waals surface area contributed by atoms with Gasteiger partial charge in [0, 0.05) is 6.54 Å². The summed E-state index contributed by atoms with van der Waals surface area (Å²) in [6.45, 7) is 6.17. The van der Waals surface area contributed by atoms with Crippen molar-refractivity contribution in [2.75, 3.05) is 13.7 Å². The minimum absolute atomic E-state index is 0.259. The van der Waals surface area contributed by atoms with Crippen LogP contribution in [0.5, 0.6) is 5.75 Å². The van der Waals surface area contributed by atoms with E-state index in [1.165, 1.54) is 0 Å². The molecule has 1 unspecified atom stereocenters. The van der Waals surface area contributed by atoms with Gasteiger partial charge in [0.25, 0.3) is 0 Å². The Balaban J connectivity index is 1.83. The van der Waals surface area contributed by atoms with Crippen LogP contribution in [0.3, 0.4) is 0 Å². The van der Waals surface area contributed by atoms with Crippen LogP contribution in [0.25, 0.3) is 11.4 Å². The van der Waals surface area contributed by atoms with Gasteiger partial charge in [0.05, 0.1) is 12.7 Å². The van der Waals surface area contributed by atoms with Gasteiger partial charge in [-0.15, -0.1) is 0 Å². The number of aromatic nitrogens is 2. The second-order valence-electron chi connectivity index (χ2n) is 6.99. The number of amides is 1. The first-order chi connectivity index (χ1) is 11.9. The molecule has 0 radical (unpaired) electrons. The van der Waals surface area contributed by atoms with Gasteiger partial charge in [0.2, 0.25) is 11.7 Å². The molecule has 2 heterocycles. The fourth-order valence-corrected chi connectivity index (χ4v) is 2.87. The number of carbonyl (C=O) groups is 1. The third kappa shape index (κ3) is 3.75. The first-order valence-electron chi connectivity index (χ1n) is 8.35. The molecule has 2 aromatic rings. The summed E-state index contributed by atoms with van der Waals surface area (Å²) in [7, 11) is 1.60. The molecular weight excluding hydrogens is 322 g/mol. The van der Waals surface area contributed by atoms with Crippen molar-refractivity contribution in [2.45, 2.75) is 45.3 Å². The standard InChI is InChI=1S/C18H23N3O4/c1-18(2,3)24-17(22)21-11-7-9-13(21)16-19-15(20-25-16)12-8-5-6-10-14(12)23-4/h5-6,8,10,13H,7,9,11H2,1-4H3. The summed E-state index contributed by atoms with van der Waals surface area (Å²) in [6.07, 6.45) is 1.29. The molecule has 1 aliphatic rings. The van der Waals surface area contributed by atoms with Gasteiger partial charge in [-0.25, -0.2) is 4.79 Å². The SMILES string of the molecule is COc1ccccc1-c1noc(C2CCCN2C(=O)OC(C)(C)C)n1. The Morgan fingerprint density at radius 3 is 2.80 bits per heavy atom. The summed E-state index contributed by atoms with van der Waals surface area (Å²) in [5, 5.41) is 4.06. The molecule has 1 saturated heterocycles. The van der Waals surface area contributed by atoms with Crippen molar-refractivity contribution in [2.24, 2.45) is 0 Å². The van der Waals surface area contributed by atoms with Crippen LogP contribution in [0.1, 0.15) is 45.5 Å². The topological polar surface area (TPSA) is 77.7 Å². The zero-order valence-electron chi connectivity index (χ0n) is 15.0. The maximum absolute atomic E-state index is 12.4. The van der Waals surface area contributed by atoms with E-state index in [1.54, 1.807) is 12.0 Å². The van der Waals surface area contributed by atoms with Gasteiger partial charge in [-0.2, -0.15) is 4.98 Å².